The van der Waals surface area contributed by atoms with E-state index < -0.39 is 105 Å². The molecule has 10 N–H and O–H groups in total. The van der Waals surface area contributed by atoms with Gasteiger partial charge in [-0.25, -0.2) is 4.79 Å². The van der Waals surface area contributed by atoms with E-state index in [1.807, 2.05) is 6.08 Å². The van der Waals surface area contributed by atoms with Gasteiger partial charge in [-0.3, -0.25) is 0 Å². The molecule has 8 fully saturated rings. The molecule has 25 atom stereocenters. The Morgan fingerprint density at radius 1 is 0.723 bits per heavy atom. The molecule has 4 aliphatic heterocycles. The Hall–Kier alpha value is -1.43. The average Bonchev–Trinajstić information content (AvgIpc) is 3.88. The molecule has 370 valence electrons. The number of aliphatic hydroxyl groups excluding tert-OH is 10. The highest BCUT2D eigenvalue weighted by Gasteiger charge is 2.83. The molecule has 9 rings (SSSR count). The first-order valence-electron chi connectivity index (χ1n) is 24.0. The highest BCUT2D eigenvalue weighted by Crippen LogP contribution is 2.89. The van der Waals surface area contributed by atoms with Crippen molar-refractivity contribution in [2.24, 2.45) is 50.7 Å². The molecule has 0 aromatic carbocycles. The summed E-state index contributed by atoms with van der Waals surface area (Å²) in [5, 5.41) is 107. The normalized spacial score (nSPS) is 55.4. The van der Waals surface area contributed by atoms with Gasteiger partial charge in [0.25, 0.3) is 0 Å². The van der Waals surface area contributed by atoms with E-state index in [0.717, 1.165) is 44.9 Å². The summed E-state index contributed by atoms with van der Waals surface area (Å²) >= 11 is 0. The Morgan fingerprint density at radius 2 is 1.37 bits per heavy atom. The predicted octanol–water partition coefficient (Wildman–Crippen LogP) is -0.233. The van der Waals surface area contributed by atoms with E-state index in [2.05, 4.69) is 34.6 Å². The number of rotatable bonds is 10. The van der Waals surface area contributed by atoms with Crippen LogP contribution in [-0.4, -0.2) is 181 Å². The number of fused-ring (bicyclic) bond motifs is 2. The molecule has 2 spiro atoms. The molecule has 9 aliphatic rings. The van der Waals surface area contributed by atoms with E-state index in [-0.39, 0.29) is 63.7 Å². The van der Waals surface area contributed by atoms with Crippen molar-refractivity contribution in [3.63, 3.8) is 0 Å². The maximum absolute atomic E-state index is 12.6. The van der Waals surface area contributed by atoms with Gasteiger partial charge in [-0.15, -0.1) is 0 Å². The van der Waals surface area contributed by atoms with Gasteiger partial charge in [0, 0.05) is 12.0 Å². The number of cyclic esters (lactones) is 1. The molecule has 18 heteroatoms. The van der Waals surface area contributed by atoms with Crippen LogP contribution in [0.2, 0.25) is 0 Å². The van der Waals surface area contributed by atoms with Gasteiger partial charge in [-0.2, -0.15) is 0 Å². The van der Waals surface area contributed by atoms with E-state index in [0.29, 0.717) is 30.3 Å². The third-order valence-corrected chi connectivity index (χ3v) is 19.5. The summed E-state index contributed by atoms with van der Waals surface area (Å²) in [7, 11) is 0. The Kier molecular flexibility index (Phi) is 12.8. The zero-order chi connectivity index (χ0) is 46.9. The van der Waals surface area contributed by atoms with Crippen LogP contribution in [0.4, 0.5) is 0 Å². The lowest BCUT2D eigenvalue weighted by atomic mass is 9.41. The van der Waals surface area contributed by atoms with Gasteiger partial charge < -0.3 is 84.2 Å². The number of carbonyl (C=O) groups is 1. The van der Waals surface area contributed by atoms with Gasteiger partial charge in [-0.1, -0.05) is 40.7 Å². The average molecular weight is 927 g/mol. The Balaban J connectivity index is 0.879. The van der Waals surface area contributed by atoms with Crippen LogP contribution in [0.15, 0.2) is 11.6 Å². The molecule has 5 aliphatic carbocycles. The minimum atomic E-state index is -1.84. The van der Waals surface area contributed by atoms with Gasteiger partial charge in [0.2, 0.25) is 0 Å². The van der Waals surface area contributed by atoms with E-state index in [1.165, 1.54) is 0 Å². The van der Waals surface area contributed by atoms with Gasteiger partial charge >= 0.3 is 5.97 Å². The first-order chi connectivity index (χ1) is 30.6. The minimum Gasteiger partial charge on any atom is -0.458 e. The topological polar surface area (TPSA) is 284 Å². The lowest BCUT2D eigenvalue weighted by Gasteiger charge is -2.63. The van der Waals surface area contributed by atoms with Crippen LogP contribution in [0.25, 0.3) is 0 Å². The van der Waals surface area contributed by atoms with Crippen LogP contribution in [0.3, 0.4) is 0 Å². The van der Waals surface area contributed by atoms with Crippen LogP contribution in [0.5, 0.6) is 0 Å². The summed E-state index contributed by atoms with van der Waals surface area (Å²) in [6, 6.07) is 0. The van der Waals surface area contributed by atoms with Crippen molar-refractivity contribution >= 4 is 5.97 Å². The number of esters is 1. The molecule has 0 aromatic heterocycles. The van der Waals surface area contributed by atoms with Crippen LogP contribution in [-0.2, 0) is 38.0 Å². The first-order valence-corrected chi connectivity index (χ1v) is 24.0. The first kappa shape index (κ1) is 48.6. The third-order valence-electron chi connectivity index (χ3n) is 19.5. The Labute approximate surface area is 380 Å². The van der Waals surface area contributed by atoms with Gasteiger partial charge in [0.1, 0.15) is 73.2 Å². The van der Waals surface area contributed by atoms with Crippen LogP contribution in [0.1, 0.15) is 99.3 Å². The minimum absolute atomic E-state index is 0.00572. The zero-order valence-electron chi connectivity index (χ0n) is 38.4. The molecular weight excluding hydrogens is 852 g/mol. The highest BCUT2D eigenvalue weighted by atomic mass is 16.8. The molecule has 5 saturated carbocycles. The molecule has 18 nitrogen and oxygen atoms in total. The lowest BCUT2D eigenvalue weighted by molar-refractivity contribution is -0.371. The van der Waals surface area contributed by atoms with Crippen LogP contribution >= 0.6 is 0 Å². The van der Waals surface area contributed by atoms with Crippen LogP contribution in [0, 0.1) is 50.7 Å². The SMILES string of the molecule is CC1=CCC(C(C)C2C(O)CC3(C)C4CCC5C(C)(C)C(OC6OCC(O)C(O)C6OC6OC(COC7OC(CO)C(O)C(O)C7O)C(O)C(O)C6O)CCC56CC46CCC23C)OC1=O. The number of hydrogen-bond donors (Lipinski definition) is 10. The standard InChI is InChI=1S/C47H74O18/c1-20-7-8-24(61-39(20)58)21(2)30-22(49)15-45(6)28-10-9-27-43(3,4)29(11-12-46(27)19-47(28,46)14-13-44(30,45)5)64-42-38(31(51)23(50)17-59-42)65-41-37(57)35(55)33(53)26(63-41)18-60-40-36(56)34(54)32(52)25(16-48)62-40/h7,21-38,40-42,48-57H,8-19H2,1-6H3. The summed E-state index contributed by atoms with van der Waals surface area (Å²) in [5.74, 6) is 0.481. The zero-order valence-corrected chi connectivity index (χ0v) is 38.4. The molecule has 3 saturated heterocycles. The maximum atomic E-state index is 12.6. The molecular formula is C47H74O18. The Morgan fingerprint density at radius 3 is 2.06 bits per heavy atom. The second kappa shape index (κ2) is 17.2. The summed E-state index contributed by atoms with van der Waals surface area (Å²) < 4.78 is 41.7. The predicted molar refractivity (Wildman–Crippen MR) is 224 cm³/mol. The van der Waals surface area contributed by atoms with E-state index in [4.69, 9.17) is 33.2 Å². The van der Waals surface area contributed by atoms with Crippen molar-refractivity contribution in [1.82, 2.24) is 0 Å². The third kappa shape index (κ3) is 7.36. The van der Waals surface area contributed by atoms with Gasteiger partial charge in [0.05, 0.1) is 32.0 Å². The van der Waals surface area contributed by atoms with E-state index in [9.17, 15) is 55.9 Å². The second-order valence-electron chi connectivity index (χ2n) is 22.6. The molecule has 25 unspecified atom stereocenters. The number of aliphatic hydroxyl groups is 10. The molecule has 0 radical (unpaired) electrons. The monoisotopic (exact) mass is 926 g/mol. The molecule has 65 heavy (non-hydrogen) atoms. The number of hydrogen-bond acceptors (Lipinski definition) is 18. The molecule has 0 bridgehead atoms. The van der Waals surface area contributed by atoms with Crippen molar-refractivity contribution in [3.8, 4) is 0 Å². The number of ether oxygens (including phenoxy) is 7. The fraction of sp³-hybridized carbons (Fsp3) is 0.936. The Bertz CT molecular complexity index is 1800. The molecule has 0 aromatic rings. The maximum Gasteiger partial charge on any atom is 0.333 e. The van der Waals surface area contributed by atoms with E-state index >= 15 is 0 Å². The van der Waals surface area contributed by atoms with Crippen molar-refractivity contribution in [2.75, 3.05) is 19.8 Å². The summed E-state index contributed by atoms with van der Waals surface area (Å²) in [5.41, 5.74) is 0.285. The molecule has 0 amide bonds. The van der Waals surface area contributed by atoms with Gasteiger partial charge in [-0.05, 0) is 109 Å². The van der Waals surface area contributed by atoms with Crippen molar-refractivity contribution in [3.05, 3.63) is 11.6 Å². The van der Waals surface area contributed by atoms with Crippen molar-refractivity contribution < 1.29 is 89.0 Å². The van der Waals surface area contributed by atoms with Crippen molar-refractivity contribution in [1.29, 1.82) is 0 Å². The fourth-order valence-electron chi connectivity index (χ4n) is 15.7. The van der Waals surface area contributed by atoms with Gasteiger partial charge in [0.15, 0.2) is 18.9 Å². The van der Waals surface area contributed by atoms with Crippen molar-refractivity contribution in [2.45, 2.75) is 204 Å². The van der Waals surface area contributed by atoms with Crippen LogP contribution < -0.4 is 0 Å². The number of carbonyl (C=O) groups excluding carboxylic acids is 1. The lowest BCUT2D eigenvalue weighted by Crippen LogP contribution is -2.64. The summed E-state index contributed by atoms with van der Waals surface area (Å²) in [6.07, 6.45) is -12.9. The highest BCUT2D eigenvalue weighted by molar-refractivity contribution is 5.88. The second-order valence-corrected chi connectivity index (χ2v) is 22.6. The largest absolute Gasteiger partial charge is 0.458 e. The summed E-state index contributed by atoms with van der Waals surface area (Å²) in [6.45, 7) is 11.7. The fourth-order valence-corrected chi connectivity index (χ4v) is 15.7. The van der Waals surface area contributed by atoms with E-state index in [1.54, 1.807) is 6.92 Å². The quantitative estimate of drug-likeness (QED) is 0.100. The molecule has 4 heterocycles. The summed E-state index contributed by atoms with van der Waals surface area (Å²) in [4.78, 5) is 12.6. The smallest absolute Gasteiger partial charge is 0.333 e.